The van der Waals surface area contributed by atoms with Crippen LogP contribution in [0.4, 0.5) is 0 Å². The lowest BCUT2D eigenvalue weighted by Crippen LogP contribution is -2.35. The summed E-state index contributed by atoms with van der Waals surface area (Å²) in [7, 11) is 0. The van der Waals surface area contributed by atoms with Crippen LogP contribution in [0.5, 0.6) is 0 Å². The normalized spacial score (nSPS) is 15.7. The van der Waals surface area contributed by atoms with E-state index in [0.717, 1.165) is 42.6 Å². The highest BCUT2D eigenvalue weighted by Gasteiger charge is 2.17. The Bertz CT molecular complexity index is 830. The van der Waals surface area contributed by atoms with E-state index in [0.29, 0.717) is 23.8 Å². The van der Waals surface area contributed by atoms with Crippen molar-refractivity contribution in [3.05, 3.63) is 48.4 Å². The summed E-state index contributed by atoms with van der Waals surface area (Å²) in [6, 6.07) is 11.3. The zero-order valence-corrected chi connectivity index (χ0v) is 13.4. The van der Waals surface area contributed by atoms with Gasteiger partial charge in [0, 0.05) is 17.5 Å². The molecule has 1 saturated heterocycles. The second-order valence-corrected chi connectivity index (χ2v) is 6.24. The van der Waals surface area contributed by atoms with Gasteiger partial charge in [0.2, 0.25) is 0 Å². The highest BCUT2D eigenvalue weighted by Crippen LogP contribution is 2.27. The number of fused-ring (bicyclic) bond motifs is 1. The molecule has 1 aliphatic rings. The molecule has 0 bridgehead atoms. The summed E-state index contributed by atoms with van der Waals surface area (Å²) >= 11 is 0. The molecule has 2 aromatic heterocycles. The summed E-state index contributed by atoms with van der Waals surface area (Å²) < 4.78 is 11.1. The third-order valence-electron chi connectivity index (χ3n) is 4.56. The Morgan fingerprint density at radius 3 is 2.88 bits per heavy atom. The maximum absolute atomic E-state index is 12.3. The number of hydrogen-bond acceptors (Lipinski definition) is 4. The van der Waals surface area contributed by atoms with Crippen LogP contribution in [-0.4, -0.2) is 25.5 Å². The first-order valence-corrected chi connectivity index (χ1v) is 8.36. The van der Waals surface area contributed by atoms with Crippen LogP contribution in [0, 0.1) is 5.92 Å². The lowest BCUT2D eigenvalue weighted by atomic mass is 9.98. The average molecular weight is 324 g/mol. The van der Waals surface area contributed by atoms with Crippen molar-refractivity contribution in [1.29, 1.82) is 0 Å². The van der Waals surface area contributed by atoms with Gasteiger partial charge in [-0.15, -0.1) is 0 Å². The number of rotatable bonds is 4. The Morgan fingerprint density at radius 1 is 1.21 bits per heavy atom. The van der Waals surface area contributed by atoms with Gasteiger partial charge in [0.15, 0.2) is 5.76 Å². The minimum Gasteiger partial charge on any atom is -0.464 e. The molecule has 3 heterocycles. The Balaban J connectivity index is 1.48. The topological polar surface area (TPSA) is 67.4 Å². The first kappa shape index (κ1) is 15.0. The molecule has 1 aromatic carbocycles. The number of nitrogens with one attached hydrogen (secondary N) is 2. The van der Waals surface area contributed by atoms with Crippen LogP contribution in [0.2, 0.25) is 0 Å². The van der Waals surface area contributed by atoms with Crippen molar-refractivity contribution in [3.63, 3.8) is 0 Å². The van der Waals surface area contributed by atoms with Crippen LogP contribution >= 0.6 is 0 Å². The molecule has 0 radical (unpaired) electrons. The smallest absolute Gasteiger partial charge is 0.287 e. The molecule has 124 valence electrons. The van der Waals surface area contributed by atoms with Gasteiger partial charge in [-0.3, -0.25) is 4.79 Å². The van der Waals surface area contributed by atoms with E-state index >= 15 is 0 Å². The van der Waals surface area contributed by atoms with Gasteiger partial charge < -0.3 is 19.5 Å². The van der Waals surface area contributed by atoms with Crippen molar-refractivity contribution < 1.29 is 13.6 Å². The van der Waals surface area contributed by atoms with Crippen molar-refractivity contribution in [2.75, 3.05) is 19.6 Å². The van der Waals surface area contributed by atoms with Crippen LogP contribution in [0.15, 0.2) is 51.5 Å². The molecule has 0 atom stereocenters. The van der Waals surface area contributed by atoms with Crippen LogP contribution in [0.1, 0.15) is 23.4 Å². The summed E-state index contributed by atoms with van der Waals surface area (Å²) in [6.45, 7) is 2.76. The molecule has 0 unspecified atom stereocenters. The van der Waals surface area contributed by atoms with Gasteiger partial charge in [0.1, 0.15) is 11.3 Å². The van der Waals surface area contributed by atoms with Gasteiger partial charge >= 0.3 is 0 Å². The van der Waals surface area contributed by atoms with Crippen LogP contribution in [0.3, 0.4) is 0 Å². The zero-order chi connectivity index (χ0) is 16.4. The summed E-state index contributed by atoms with van der Waals surface area (Å²) in [4.78, 5) is 12.3. The molecular formula is C19H20N2O3. The fraction of sp³-hybridized carbons (Fsp3) is 0.316. The van der Waals surface area contributed by atoms with Crippen molar-refractivity contribution in [3.8, 4) is 11.3 Å². The van der Waals surface area contributed by atoms with Crippen molar-refractivity contribution in [1.82, 2.24) is 10.6 Å². The van der Waals surface area contributed by atoms with E-state index in [1.54, 1.807) is 12.3 Å². The Kier molecular flexibility index (Phi) is 4.09. The van der Waals surface area contributed by atoms with Gasteiger partial charge in [0.05, 0.1) is 6.26 Å². The minimum atomic E-state index is -0.149. The third-order valence-corrected chi connectivity index (χ3v) is 4.56. The molecule has 4 rings (SSSR count). The number of amides is 1. The highest BCUT2D eigenvalue weighted by atomic mass is 16.3. The molecule has 5 nitrogen and oxygen atoms in total. The van der Waals surface area contributed by atoms with Crippen LogP contribution in [0.25, 0.3) is 22.3 Å². The van der Waals surface area contributed by atoms with Gasteiger partial charge in [-0.2, -0.15) is 0 Å². The van der Waals surface area contributed by atoms with E-state index in [-0.39, 0.29) is 5.91 Å². The molecule has 0 saturated carbocycles. The number of furan rings is 2. The SMILES string of the molecule is O=C(NCC1CCNCC1)c1cc2ccc(-c3ccco3)cc2o1. The third kappa shape index (κ3) is 3.08. The molecule has 5 heteroatoms. The number of carbonyl (C=O) groups is 1. The van der Waals surface area contributed by atoms with Crippen LogP contribution < -0.4 is 10.6 Å². The molecule has 2 N–H and O–H groups in total. The molecule has 1 aliphatic heterocycles. The van der Waals surface area contributed by atoms with E-state index in [1.807, 2.05) is 30.3 Å². The summed E-state index contributed by atoms with van der Waals surface area (Å²) in [5, 5.41) is 7.24. The number of carbonyl (C=O) groups excluding carboxylic acids is 1. The highest BCUT2D eigenvalue weighted by molar-refractivity contribution is 5.96. The lowest BCUT2D eigenvalue weighted by molar-refractivity contribution is 0.0918. The average Bonchev–Trinajstić information content (AvgIpc) is 3.29. The molecule has 3 aromatic rings. The van der Waals surface area contributed by atoms with E-state index in [1.165, 1.54) is 0 Å². The van der Waals surface area contributed by atoms with Crippen molar-refractivity contribution >= 4 is 16.9 Å². The number of hydrogen-bond donors (Lipinski definition) is 2. The second kappa shape index (κ2) is 6.53. The summed E-state index contributed by atoms with van der Waals surface area (Å²) in [5.41, 5.74) is 1.62. The van der Waals surface area contributed by atoms with Gasteiger partial charge in [0.25, 0.3) is 5.91 Å². The first-order valence-electron chi connectivity index (χ1n) is 8.36. The fourth-order valence-corrected chi connectivity index (χ4v) is 3.15. The predicted molar refractivity (Wildman–Crippen MR) is 91.8 cm³/mol. The summed E-state index contributed by atoms with van der Waals surface area (Å²) in [6.07, 6.45) is 3.85. The lowest BCUT2D eigenvalue weighted by Gasteiger charge is -2.22. The van der Waals surface area contributed by atoms with E-state index in [9.17, 15) is 4.79 Å². The maximum Gasteiger partial charge on any atom is 0.287 e. The number of benzene rings is 1. The van der Waals surface area contributed by atoms with E-state index in [2.05, 4.69) is 10.6 Å². The quantitative estimate of drug-likeness (QED) is 0.771. The maximum atomic E-state index is 12.3. The molecule has 0 spiro atoms. The first-order chi connectivity index (χ1) is 11.8. The Morgan fingerprint density at radius 2 is 2.08 bits per heavy atom. The molecule has 1 fully saturated rings. The van der Waals surface area contributed by atoms with E-state index in [4.69, 9.17) is 8.83 Å². The van der Waals surface area contributed by atoms with Crippen LogP contribution in [-0.2, 0) is 0 Å². The fourth-order valence-electron chi connectivity index (χ4n) is 3.15. The van der Waals surface area contributed by atoms with Crippen molar-refractivity contribution in [2.45, 2.75) is 12.8 Å². The van der Waals surface area contributed by atoms with Gasteiger partial charge in [-0.1, -0.05) is 12.1 Å². The molecule has 1 amide bonds. The molecule has 24 heavy (non-hydrogen) atoms. The second-order valence-electron chi connectivity index (χ2n) is 6.24. The molecule has 0 aliphatic carbocycles. The Labute approximate surface area is 140 Å². The molecular weight excluding hydrogens is 304 g/mol. The van der Waals surface area contributed by atoms with Gasteiger partial charge in [-0.25, -0.2) is 0 Å². The number of piperidine rings is 1. The van der Waals surface area contributed by atoms with Gasteiger partial charge in [-0.05, 0) is 56.1 Å². The monoisotopic (exact) mass is 324 g/mol. The van der Waals surface area contributed by atoms with Crippen molar-refractivity contribution in [2.24, 2.45) is 5.92 Å². The standard InChI is InChI=1S/C19H20N2O3/c22-19(21-12-13-5-7-20-8-6-13)18-11-15-4-3-14(10-17(15)24-18)16-2-1-9-23-16/h1-4,9-11,13,20H,5-8,12H2,(H,21,22). The van der Waals surface area contributed by atoms with E-state index < -0.39 is 0 Å². The zero-order valence-electron chi connectivity index (χ0n) is 13.4. The summed E-state index contributed by atoms with van der Waals surface area (Å²) in [5.74, 6) is 1.54. The predicted octanol–water partition coefficient (Wildman–Crippen LogP) is 3.42. The minimum absolute atomic E-state index is 0.149. The largest absolute Gasteiger partial charge is 0.464 e. The Hall–Kier alpha value is -2.53.